The van der Waals surface area contributed by atoms with E-state index in [2.05, 4.69) is 10.1 Å². The minimum atomic E-state index is -0.652. The first-order valence-corrected chi connectivity index (χ1v) is 8.52. The molecule has 128 valence electrons. The number of hydrogen-bond acceptors (Lipinski definition) is 7. The Morgan fingerprint density at radius 3 is 2.36 bits per heavy atom. The fourth-order valence-electron chi connectivity index (χ4n) is 2.52. The summed E-state index contributed by atoms with van der Waals surface area (Å²) < 4.78 is 11.1. The van der Waals surface area contributed by atoms with Crippen LogP contribution in [0.25, 0.3) is 16.8 Å². The van der Waals surface area contributed by atoms with Gasteiger partial charge in [-0.15, -0.1) is 5.10 Å². The molecule has 0 unspecified atom stereocenters. The number of hydrogen-bond donors (Lipinski definition) is 0. The summed E-state index contributed by atoms with van der Waals surface area (Å²) in [5.41, 5.74) is 1.90. The number of carbonyl (C=O) groups is 2. The van der Waals surface area contributed by atoms with E-state index in [4.69, 9.17) is 9.47 Å². The second-order valence-corrected chi connectivity index (χ2v) is 5.78. The minimum absolute atomic E-state index is 0.0825. The van der Waals surface area contributed by atoms with Crippen molar-refractivity contribution in [1.29, 1.82) is 0 Å². The van der Waals surface area contributed by atoms with E-state index in [9.17, 15) is 9.59 Å². The van der Waals surface area contributed by atoms with Gasteiger partial charge in [0.05, 0.1) is 25.5 Å². The van der Waals surface area contributed by atoms with Crippen molar-refractivity contribution in [3.05, 3.63) is 47.7 Å². The maximum atomic E-state index is 12.4. The summed E-state index contributed by atoms with van der Waals surface area (Å²) in [6, 6.07) is 9.37. The summed E-state index contributed by atoms with van der Waals surface area (Å²) >= 11 is 1.36. The molecule has 7 nitrogen and oxygen atoms in total. The van der Waals surface area contributed by atoms with Crippen molar-refractivity contribution >= 4 is 29.2 Å². The SMILES string of the molecule is COC(=O)c1cn2nc(SC)nc(-c3ccccc3)c2c1C(=O)OC. The maximum absolute atomic E-state index is 12.4. The molecule has 2 heterocycles. The molecule has 25 heavy (non-hydrogen) atoms. The van der Waals surface area contributed by atoms with Crippen molar-refractivity contribution < 1.29 is 19.1 Å². The van der Waals surface area contributed by atoms with E-state index < -0.39 is 11.9 Å². The Balaban J connectivity index is 2.43. The molecule has 3 rings (SSSR count). The maximum Gasteiger partial charge on any atom is 0.341 e. The normalized spacial score (nSPS) is 10.7. The van der Waals surface area contributed by atoms with Gasteiger partial charge in [0.1, 0.15) is 11.1 Å². The van der Waals surface area contributed by atoms with Crippen LogP contribution in [0.3, 0.4) is 0 Å². The molecule has 0 amide bonds. The number of methoxy groups -OCH3 is 2. The largest absolute Gasteiger partial charge is 0.465 e. The molecule has 0 atom stereocenters. The number of nitrogens with zero attached hydrogens (tertiary/aromatic N) is 3. The Hall–Kier alpha value is -2.87. The van der Waals surface area contributed by atoms with Crippen molar-refractivity contribution in [2.24, 2.45) is 0 Å². The lowest BCUT2D eigenvalue weighted by atomic mass is 10.1. The lowest BCUT2D eigenvalue weighted by Crippen LogP contribution is -2.10. The molecule has 0 bridgehead atoms. The average Bonchev–Trinajstić information content (AvgIpc) is 3.06. The molecule has 8 heteroatoms. The molecule has 0 saturated carbocycles. The molecule has 0 radical (unpaired) electrons. The Morgan fingerprint density at radius 1 is 1.08 bits per heavy atom. The van der Waals surface area contributed by atoms with Crippen LogP contribution in [0.5, 0.6) is 0 Å². The summed E-state index contributed by atoms with van der Waals surface area (Å²) in [7, 11) is 2.51. The predicted molar refractivity (Wildman–Crippen MR) is 92.9 cm³/mol. The highest BCUT2D eigenvalue weighted by molar-refractivity contribution is 7.98. The number of rotatable bonds is 4. The standard InChI is InChI=1S/C17H15N3O4S/c1-23-15(21)11-9-20-14(12(11)16(22)24-2)13(18-17(19-20)25-3)10-7-5-4-6-8-10/h4-9H,1-3H3. The number of benzene rings is 1. The van der Waals surface area contributed by atoms with Gasteiger partial charge in [-0.05, 0) is 6.26 Å². The summed E-state index contributed by atoms with van der Waals surface area (Å²) in [5.74, 6) is -1.30. The minimum Gasteiger partial charge on any atom is -0.465 e. The van der Waals surface area contributed by atoms with Crippen LogP contribution in [0.2, 0.25) is 0 Å². The molecular weight excluding hydrogens is 342 g/mol. The topological polar surface area (TPSA) is 82.8 Å². The van der Waals surface area contributed by atoms with Gasteiger partial charge in [0, 0.05) is 11.8 Å². The van der Waals surface area contributed by atoms with E-state index in [1.54, 1.807) is 0 Å². The second-order valence-electron chi connectivity index (χ2n) is 5.01. The Labute approximate surface area is 148 Å². The van der Waals surface area contributed by atoms with Crippen LogP contribution < -0.4 is 0 Å². The molecule has 3 aromatic rings. The van der Waals surface area contributed by atoms with Gasteiger partial charge in [0.25, 0.3) is 0 Å². The van der Waals surface area contributed by atoms with Crippen LogP contribution in [-0.2, 0) is 9.47 Å². The number of carbonyl (C=O) groups excluding carboxylic acids is 2. The predicted octanol–water partition coefficient (Wildman–Crippen LogP) is 2.69. The fraction of sp³-hybridized carbons (Fsp3) is 0.176. The van der Waals surface area contributed by atoms with E-state index in [1.165, 1.54) is 36.7 Å². The summed E-state index contributed by atoms with van der Waals surface area (Å²) in [5, 5.41) is 4.86. The van der Waals surface area contributed by atoms with Gasteiger partial charge in [-0.2, -0.15) is 0 Å². The quantitative estimate of drug-likeness (QED) is 0.524. The van der Waals surface area contributed by atoms with Crippen molar-refractivity contribution in [3.63, 3.8) is 0 Å². The number of esters is 2. The van der Waals surface area contributed by atoms with E-state index in [0.29, 0.717) is 16.4 Å². The summed E-state index contributed by atoms with van der Waals surface area (Å²) in [6.07, 6.45) is 3.31. The Bertz CT molecular complexity index is 953. The van der Waals surface area contributed by atoms with Gasteiger partial charge in [-0.1, -0.05) is 42.1 Å². The molecule has 0 aliphatic heterocycles. The highest BCUT2D eigenvalue weighted by Crippen LogP contribution is 2.30. The van der Waals surface area contributed by atoms with Crippen molar-refractivity contribution in [2.75, 3.05) is 20.5 Å². The van der Waals surface area contributed by atoms with Crippen LogP contribution >= 0.6 is 11.8 Å². The molecule has 1 aromatic carbocycles. The Kier molecular flexibility index (Phi) is 4.71. The van der Waals surface area contributed by atoms with Gasteiger partial charge >= 0.3 is 11.9 Å². The van der Waals surface area contributed by atoms with Gasteiger partial charge in [0.2, 0.25) is 5.16 Å². The van der Waals surface area contributed by atoms with Gasteiger partial charge < -0.3 is 9.47 Å². The van der Waals surface area contributed by atoms with Gasteiger partial charge in [-0.3, -0.25) is 0 Å². The molecule has 0 fully saturated rings. The summed E-state index contributed by atoms with van der Waals surface area (Å²) in [4.78, 5) is 29.0. The van der Waals surface area contributed by atoms with E-state index >= 15 is 0 Å². The molecule has 2 aromatic heterocycles. The molecule has 0 N–H and O–H groups in total. The third kappa shape index (κ3) is 2.96. The lowest BCUT2D eigenvalue weighted by Gasteiger charge is -2.08. The van der Waals surface area contributed by atoms with Crippen molar-refractivity contribution in [3.8, 4) is 11.3 Å². The van der Waals surface area contributed by atoms with Crippen LogP contribution in [0.15, 0.2) is 41.7 Å². The number of fused-ring (bicyclic) bond motifs is 1. The van der Waals surface area contributed by atoms with E-state index in [0.717, 1.165) is 5.56 Å². The number of aromatic nitrogens is 3. The highest BCUT2D eigenvalue weighted by Gasteiger charge is 2.28. The monoisotopic (exact) mass is 357 g/mol. The molecule has 0 spiro atoms. The number of thioether (sulfide) groups is 1. The zero-order valence-electron chi connectivity index (χ0n) is 13.8. The molecule has 0 saturated heterocycles. The van der Waals surface area contributed by atoms with Crippen LogP contribution in [0.1, 0.15) is 20.7 Å². The van der Waals surface area contributed by atoms with Crippen LogP contribution in [0, 0.1) is 0 Å². The zero-order valence-corrected chi connectivity index (χ0v) is 14.7. The zero-order chi connectivity index (χ0) is 18.0. The second kappa shape index (κ2) is 6.94. The third-order valence-electron chi connectivity index (χ3n) is 3.64. The molecular formula is C17H15N3O4S. The number of ether oxygens (including phenoxy) is 2. The molecule has 0 aliphatic carbocycles. The first-order valence-electron chi connectivity index (χ1n) is 7.30. The first-order chi connectivity index (χ1) is 12.1. The molecule has 0 aliphatic rings. The van der Waals surface area contributed by atoms with Crippen molar-refractivity contribution in [1.82, 2.24) is 14.6 Å². The average molecular weight is 357 g/mol. The van der Waals surface area contributed by atoms with Crippen molar-refractivity contribution in [2.45, 2.75) is 5.16 Å². The Morgan fingerprint density at radius 2 is 1.76 bits per heavy atom. The van der Waals surface area contributed by atoms with Crippen LogP contribution in [0.4, 0.5) is 0 Å². The van der Waals surface area contributed by atoms with Gasteiger partial charge in [-0.25, -0.2) is 19.1 Å². The van der Waals surface area contributed by atoms with E-state index in [-0.39, 0.29) is 11.1 Å². The third-order valence-corrected chi connectivity index (χ3v) is 4.17. The van der Waals surface area contributed by atoms with Crippen LogP contribution in [-0.4, -0.2) is 47.0 Å². The highest BCUT2D eigenvalue weighted by atomic mass is 32.2. The first kappa shape index (κ1) is 17.0. The van der Waals surface area contributed by atoms with E-state index in [1.807, 2.05) is 36.6 Å². The fourth-order valence-corrected chi connectivity index (χ4v) is 2.87. The van der Waals surface area contributed by atoms with Gasteiger partial charge in [0.15, 0.2) is 0 Å². The lowest BCUT2D eigenvalue weighted by molar-refractivity contribution is 0.0558. The summed E-state index contributed by atoms with van der Waals surface area (Å²) in [6.45, 7) is 0. The smallest absolute Gasteiger partial charge is 0.341 e.